The van der Waals surface area contributed by atoms with E-state index < -0.39 is 0 Å². The second-order valence-electron chi connectivity index (χ2n) is 6.81. The van der Waals surface area contributed by atoms with Crippen LogP contribution in [0.25, 0.3) is 0 Å². The van der Waals surface area contributed by atoms with E-state index in [4.69, 9.17) is 0 Å². The Labute approximate surface area is 98.9 Å². The van der Waals surface area contributed by atoms with E-state index in [1.54, 1.807) is 5.57 Å². The summed E-state index contributed by atoms with van der Waals surface area (Å²) in [6.07, 6.45) is 6.55. The van der Waals surface area contributed by atoms with Crippen LogP contribution in [0.1, 0.15) is 52.9 Å². The number of hydrogen-bond donors (Lipinski definition) is 1. The van der Waals surface area contributed by atoms with E-state index in [0.717, 1.165) is 18.3 Å². The third kappa shape index (κ3) is 0.971. The standard InChI is InChI=1S/C15H24O/c1-10-4-5-12-8-13-11(9-16)6-7-15(10,13)14(12,2)3/h10,12,16H,4-9H2,1-3H3/t10-,12-,15+/m1/s1. The molecule has 2 saturated carbocycles. The molecule has 0 amide bonds. The summed E-state index contributed by atoms with van der Waals surface area (Å²) < 4.78 is 0. The highest BCUT2D eigenvalue weighted by Gasteiger charge is 2.63. The molecule has 2 bridgehead atoms. The van der Waals surface area contributed by atoms with Gasteiger partial charge >= 0.3 is 0 Å². The average Bonchev–Trinajstić information content (AvgIpc) is 2.65. The lowest BCUT2D eigenvalue weighted by Crippen LogP contribution is -2.44. The van der Waals surface area contributed by atoms with Crippen LogP contribution in [0.2, 0.25) is 0 Å². The topological polar surface area (TPSA) is 20.2 Å². The van der Waals surface area contributed by atoms with E-state index in [0.29, 0.717) is 17.4 Å². The molecule has 1 spiro atoms. The molecule has 0 aromatic heterocycles. The van der Waals surface area contributed by atoms with Gasteiger partial charge in [0, 0.05) is 0 Å². The molecule has 0 aromatic rings. The van der Waals surface area contributed by atoms with Crippen LogP contribution in [-0.2, 0) is 0 Å². The van der Waals surface area contributed by atoms with Crippen molar-refractivity contribution in [2.75, 3.05) is 6.61 Å². The lowest BCUT2D eigenvalue weighted by atomic mass is 9.53. The minimum Gasteiger partial charge on any atom is -0.392 e. The molecule has 0 radical (unpaired) electrons. The van der Waals surface area contributed by atoms with Gasteiger partial charge in [-0.25, -0.2) is 0 Å². The Bertz CT molecular complexity index is 352. The van der Waals surface area contributed by atoms with Crippen molar-refractivity contribution in [1.29, 1.82) is 0 Å². The van der Waals surface area contributed by atoms with Crippen molar-refractivity contribution in [1.82, 2.24) is 0 Å². The van der Waals surface area contributed by atoms with Crippen molar-refractivity contribution < 1.29 is 5.11 Å². The van der Waals surface area contributed by atoms with Gasteiger partial charge in [0.2, 0.25) is 0 Å². The van der Waals surface area contributed by atoms with Crippen molar-refractivity contribution in [2.24, 2.45) is 22.7 Å². The molecule has 3 aliphatic carbocycles. The van der Waals surface area contributed by atoms with Crippen LogP contribution in [0.3, 0.4) is 0 Å². The van der Waals surface area contributed by atoms with Gasteiger partial charge in [0.15, 0.2) is 0 Å². The normalized spacial score (nSPS) is 45.0. The van der Waals surface area contributed by atoms with Gasteiger partial charge in [-0.05, 0) is 60.3 Å². The first-order chi connectivity index (χ1) is 7.54. The van der Waals surface area contributed by atoms with Crippen molar-refractivity contribution in [3.63, 3.8) is 0 Å². The molecule has 1 N–H and O–H groups in total. The molecule has 90 valence electrons. The van der Waals surface area contributed by atoms with Gasteiger partial charge in [-0.3, -0.25) is 0 Å². The summed E-state index contributed by atoms with van der Waals surface area (Å²) in [5, 5.41) is 9.53. The Kier molecular flexibility index (Phi) is 2.12. The Hall–Kier alpha value is -0.300. The molecule has 2 fully saturated rings. The van der Waals surface area contributed by atoms with Crippen LogP contribution in [0, 0.1) is 22.7 Å². The number of aliphatic hydroxyl groups excluding tert-OH is 1. The van der Waals surface area contributed by atoms with E-state index in [1.807, 2.05) is 0 Å². The lowest BCUT2D eigenvalue weighted by Gasteiger charge is -2.51. The smallest absolute Gasteiger partial charge is 0.0644 e. The predicted octanol–water partition coefficient (Wildman–Crippen LogP) is 3.53. The average molecular weight is 220 g/mol. The van der Waals surface area contributed by atoms with Gasteiger partial charge < -0.3 is 5.11 Å². The molecule has 1 heteroatoms. The van der Waals surface area contributed by atoms with Gasteiger partial charge in [0.25, 0.3) is 0 Å². The summed E-state index contributed by atoms with van der Waals surface area (Å²) >= 11 is 0. The fraction of sp³-hybridized carbons (Fsp3) is 0.867. The summed E-state index contributed by atoms with van der Waals surface area (Å²) in [6.45, 7) is 7.73. The van der Waals surface area contributed by atoms with Crippen LogP contribution < -0.4 is 0 Å². The SMILES string of the molecule is C[C@@H]1CC[C@@H]2CC3=C(CO)CC[C@@]31C2(C)C. The molecule has 16 heavy (non-hydrogen) atoms. The van der Waals surface area contributed by atoms with Gasteiger partial charge in [-0.1, -0.05) is 26.3 Å². The highest BCUT2D eigenvalue weighted by Crippen LogP contribution is 2.72. The zero-order valence-corrected chi connectivity index (χ0v) is 10.8. The molecule has 3 aliphatic rings. The molecule has 0 aliphatic heterocycles. The maximum atomic E-state index is 9.53. The van der Waals surface area contributed by atoms with Crippen LogP contribution in [0.15, 0.2) is 11.1 Å². The molecule has 0 saturated heterocycles. The van der Waals surface area contributed by atoms with E-state index in [9.17, 15) is 5.11 Å². The molecule has 3 atom stereocenters. The van der Waals surface area contributed by atoms with Gasteiger partial charge in [0.1, 0.15) is 0 Å². The first-order valence-corrected chi connectivity index (χ1v) is 6.86. The van der Waals surface area contributed by atoms with Crippen LogP contribution in [0.4, 0.5) is 0 Å². The quantitative estimate of drug-likeness (QED) is 0.670. The summed E-state index contributed by atoms with van der Waals surface area (Å²) in [5.41, 5.74) is 3.99. The summed E-state index contributed by atoms with van der Waals surface area (Å²) in [6, 6.07) is 0. The van der Waals surface area contributed by atoms with Gasteiger partial charge in [-0.15, -0.1) is 0 Å². The van der Waals surface area contributed by atoms with Gasteiger partial charge in [-0.2, -0.15) is 0 Å². The zero-order valence-electron chi connectivity index (χ0n) is 10.8. The zero-order chi connectivity index (χ0) is 11.6. The van der Waals surface area contributed by atoms with Gasteiger partial charge in [0.05, 0.1) is 6.61 Å². The second kappa shape index (κ2) is 3.13. The van der Waals surface area contributed by atoms with Crippen LogP contribution in [0.5, 0.6) is 0 Å². The van der Waals surface area contributed by atoms with E-state index in [1.165, 1.54) is 31.3 Å². The fourth-order valence-electron chi connectivity index (χ4n) is 5.38. The molecule has 3 rings (SSSR count). The van der Waals surface area contributed by atoms with Crippen LogP contribution in [-0.4, -0.2) is 11.7 Å². The van der Waals surface area contributed by atoms with E-state index >= 15 is 0 Å². The van der Waals surface area contributed by atoms with Crippen molar-refractivity contribution in [3.8, 4) is 0 Å². The molecule has 0 unspecified atom stereocenters. The van der Waals surface area contributed by atoms with E-state index in [2.05, 4.69) is 20.8 Å². The fourth-order valence-corrected chi connectivity index (χ4v) is 5.38. The third-order valence-electron chi connectivity index (χ3n) is 6.39. The minimum atomic E-state index is 0.312. The summed E-state index contributed by atoms with van der Waals surface area (Å²) in [4.78, 5) is 0. The Morgan fingerprint density at radius 3 is 2.75 bits per heavy atom. The molecule has 1 nitrogen and oxygen atoms in total. The molecule has 0 aromatic carbocycles. The van der Waals surface area contributed by atoms with E-state index in [-0.39, 0.29) is 0 Å². The number of allylic oxidation sites excluding steroid dienone is 1. The minimum absolute atomic E-state index is 0.312. The highest BCUT2D eigenvalue weighted by molar-refractivity contribution is 5.38. The number of hydrogen-bond acceptors (Lipinski definition) is 1. The Morgan fingerprint density at radius 1 is 1.31 bits per heavy atom. The first kappa shape index (κ1) is 10.8. The van der Waals surface area contributed by atoms with Crippen molar-refractivity contribution >= 4 is 0 Å². The predicted molar refractivity (Wildman–Crippen MR) is 66.1 cm³/mol. The molecular weight excluding hydrogens is 196 g/mol. The molecule has 0 heterocycles. The van der Waals surface area contributed by atoms with Crippen molar-refractivity contribution in [3.05, 3.63) is 11.1 Å². The Balaban J connectivity index is 2.17. The summed E-state index contributed by atoms with van der Waals surface area (Å²) in [5.74, 6) is 1.70. The second-order valence-corrected chi connectivity index (χ2v) is 6.81. The first-order valence-electron chi connectivity index (χ1n) is 6.86. The molecular formula is C15H24O. The number of aliphatic hydroxyl groups is 1. The third-order valence-corrected chi connectivity index (χ3v) is 6.39. The summed E-state index contributed by atoms with van der Waals surface area (Å²) in [7, 11) is 0. The monoisotopic (exact) mass is 220 g/mol. The number of fused-ring (bicyclic) bond motifs is 1. The highest BCUT2D eigenvalue weighted by atomic mass is 16.3. The maximum absolute atomic E-state index is 9.53. The lowest BCUT2D eigenvalue weighted by molar-refractivity contribution is -0.00754. The van der Waals surface area contributed by atoms with Crippen LogP contribution >= 0.6 is 0 Å². The number of rotatable bonds is 1. The Morgan fingerprint density at radius 2 is 2.06 bits per heavy atom. The largest absolute Gasteiger partial charge is 0.392 e. The van der Waals surface area contributed by atoms with Crippen molar-refractivity contribution in [2.45, 2.75) is 52.9 Å². The maximum Gasteiger partial charge on any atom is 0.0644 e.